The molecule has 0 fully saturated rings. The number of nitrogens with one attached hydrogen (secondary N) is 1. The zero-order chi connectivity index (χ0) is 17.4. The van der Waals surface area contributed by atoms with Crippen molar-refractivity contribution >= 4 is 17.2 Å². The third-order valence-corrected chi connectivity index (χ3v) is 3.64. The first-order chi connectivity index (χ1) is 11.4. The summed E-state index contributed by atoms with van der Waals surface area (Å²) in [5.74, 6) is -2.64. The van der Waals surface area contributed by atoms with Crippen molar-refractivity contribution < 1.29 is 13.6 Å². The SMILES string of the molecule is Cc1nc2c(C)cccn2c(=O)c1NC(=O)c1ccc(F)cc1F. The summed E-state index contributed by atoms with van der Waals surface area (Å²) in [6, 6.07) is 6.10. The Hall–Kier alpha value is -3.09. The third kappa shape index (κ3) is 2.64. The normalized spacial score (nSPS) is 10.8. The fourth-order valence-electron chi connectivity index (χ4n) is 2.40. The molecule has 122 valence electrons. The Morgan fingerprint density at radius 3 is 2.67 bits per heavy atom. The molecule has 1 amide bonds. The molecule has 24 heavy (non-hydrogen) atoms. The van der Waals surface area contributed by atoms with Crippen LogP contribution in [-0.2, 0) is 0 Å². The quantitative estimate of drug-likeness (QED) is 0.786. The summed E-state index contributed by atoms with van der Waals surface area (Å²) < 4.78 is 28.0. The Morgan fingerprint density at radius 1 is 1.21 bits per heavy atom. The first kappa shape index (κ1) is 15.8. The molecule has 0 saturated heterocycles. The van der Waals surface area contributed by atoms with E-state index < -0.39 is 23.1 Å². The number of halogens is 2. The highest BCUT2D eigenvalue weighted by molar-refractivity contribution is 6.04. The van der Waals surface area contributed by atoms with E-state index in [0.29, 0.717) is 17.4 Å². The number of pyridine rings is 1. The second kappa shape index (κ2) is 5.84. The van der Waals surface area contributed by atoms with Gasteiger partial charge in [0.2, 0.25) is 0 Å². The molecule has 0 spiro atoms. The molecule has 0 aliphatic carbocycles. The van der Waals surface area contributed by atoms with Crippen LogP contribution in [0.15, 0.2) is 41.3 Å². The van der Waals surface area contributed by atoms with Crippen LogP contribution in [0.4, 0.5) is 14.5 Å². The number of rotatable bonds is 2. The minimum atomic E-state index is -1.00. The van der Waals surface area contributed by atoms with Gasteiger partial charge in [-0.05, 0) is 37.6 Å². The van der Waals surface area contributed by atoms with Crippen LogP contribution in [-0.4, -0.2) is 15.3 Å². The van der Waals surface area contributed by atoms with Crippen molar-refractivity contribution in [2.24, 2.45) is 0 Å². The predicted molar refractivity (Wildman–Crippen MR) is 85.2 cm³/mol. The van der Waals surface area contributed by atoms with Gasteiger partial charge >= 0.3 is 0 Å². The van der Waals surface area contributed by atoms with Gasteiger partial charge in [0, 0.05) is 12.3 Å². The highest BCUT2D eigenvalue weighted by Gasteiger charge is 2.17. The highest BCUT2D eigenvalue weighted by atomic mass is 19.1. The fourth-order valence-corrected chi connectivity index (χ4v) is 2.40. The Balaban J connectivity index is 2.07. The summed E-state index contributed by atoms with van der Waals surface area (Å²) >= 11 is 0. The number of carbonyl (C=O) groups is 1. The van der Waals surface area contributed by atoms with Crippen LogP contribution in [0.2, 0.25) is 0 Å². The van der Waals surface area contributed by atoms with Crippen LogP contribution in [0.25, 0.3) is 5.65 Å². The largest absolute Gasteiger partial charge is 0.316 e. The lowest BCUT2D eigenvalue weighted by atomic mass is 10.2. The number of anilines is 1. The molecule has 0 aliphatic heterocycles. The molecule has 5 nitrogen and oxygen atoms in total. The molecule has 0 bridgehead atoms. The van der Waals surface area contributed by atoms with E-state index in [1.807, 2.05) is 13.0 Å². The number of amides is 1. The standard InChI is InChI=1S/C17H13F2N3O2/c1-9-4-3-7-22-15(9)20-10(2)14(17(22)24)21-16(23)12-6-5-11(18)8-13(12)19/h3-8H,1-2H3,(H,21,23). The molecule has 2 heterocycles. The fraction of sp³-hybridized carbons (Fsp3) is 0.118. The van der Waals surface area contributed by atoms with Crippen LogP contribution in [0.3, 0.4) is 0 Å². The molecule has 1 N–H and O–H groups in total. The Bertz CT molecular complexity index is 1030. The van der Waals surface area contributed by atoms with Gasteiger partial charge in [0.15, 0.2) is 0 Å². The minimum absolute atomic E-state index is 0.0492. The highest BCUT2D eigenvalue weighted by Crippen LogP contribution is 2.15. The third-order valence-electron chi connectivity index (χ3n) is 3.64. The van der Waals surface area contributed by atoms with Gasteiger partial charge in [0.25, 0.3) is 11.5 Å². The molecular weight excluding hydrogens is 316 g/mol. The van der Waals surface area contributed by atoms with Crippen molar-refractivity contribution in [3.63, 3.8) is 0 Å². The van der Waals surface area contributed by atoms with Gasteiger partial charge in [0.1, 0.15) is 23.0 Å². The lowest BCUT2D eigenvalue weighted by molar-refractivity contribution is 0.102. The van der Waals surface area contributed by atoms with Crippen molar-refractivity contribution in [1.82, 2.24) is 9.38 Å². The number of nitrogens with zero attached hydrogens (tertiary/aromatic N) is 2. The van der Waals surface area contributed by atoms with E-state index in [-0.39, 0.29) is 11.3 Å². The summed E-state index contributed by atoms with van der Waals surface area (Å²) in [6.07, 6.45) is 1.53. The molecule has 3 aromatic rings. The average molecular weight is 329 g/mol. The first-order valence-electron chi connectivity index (χ1n) is 7.13. The van der Waals surface area contributed by atoms with Crippen LogP contribution < -0.4 is 10.9 Å². The smallest absolute Gasteiger partial charge is 0.281 e. The lowest BCUT2D eigenvalue weighted by Gasteiger charge is -2.11. The summed E-state index contributed by atoms with van der Waals surface area (Å²) in [7, 11) is 0. The summed E-state index contributed by atoms with van der Waals surface area (Å²) in [6.45, 7) is 3.39. The van der Waals surface area contributed by atoms with Gasteiger partial charge < -0.3 is 5.32 Å². The molecular formula is C17H13F2N3O2. The number of benzene rings is 1. The predicted octanol–water partition coefficient (Wildman–Crippen LogP) is 2.84. The van der Waals surface area contributed by atoms with Crippen LogP contribution in [0.5, 0.6) is 0 Å². The number of aryl methyl sites for hydroxylation is 2. The van der Waals surface area contributed by atoms with E-state index in [1.165, 1.54) is 10.6 Å². The molecule has 0 atom stereocenters. The van der Waals surface area contributed by atoms with Gasteiger partial charge in [-0.2, -0.15) is 0 Å². The van der Waals surface area contributed by atoms with Crippen molar-refractivity contribution in [3.05, 3.63) is 75.3 Å². The van der Waals surface area contributed by atoms with Crippen LogP contribution in [0.1, 0.15) is 21.6 Å². The zero-order valence-corrected chi connectivity index (χ0v) is 12.9. The van der Waals surface area contributed by atoms with E-state index in [9.17, 15) is 18.4 Å². The Labute approximate surface area is 135 Å². The van der Waals surface area contributed by atoms with Gasteiger partial charge in [0.05, 0.1) is 11.3 Å². The van der Waals surface area contributed by atoms with Crippen molar-refractivity contribution in [2.45, 2.75) is 13.8 Å². The molecule has 0 radical (unpaired) electrons. The van der Waals surface area contributed by atoms with Gasteiger partial charge in [-0.25, -0.2) is 13.8 Å². The van der Waals surface area contributed by atoms with E-state index in [1.54, 1.807) is 13.0 Å². The number of aromatic nitrogens is 2. The topological polar surface area (TPSA) is 63.5 Å². The van der Waals surface area contributed by atoms with E-state index in [0.717, 1.165) is 17.7 Å². The molecule has 7 heteroatoms. The molecule has 2 aromatic heterocycles. The summed E-state index contributed by atoms with van der Waals surface area (Å²) in [5, 5.41) is 2.37. The zero-order valence-electron chi connectivity index (χ0n) is 12.9. The van der Waals surface area contributed by atoms with Crippen molar-refractivity contribution in [2.75, 3.05) is 5.32 Å². The Kier molecular flexibility index (Phi) is 3.84. The minimum Gasteiger partial charge on any atom is -0.316 e. The van der Waals surface area contributed by atoms with Gasteiger partial charge in [-0.3, -0.25) is 14.0 Å². The molecule has 0 saturated carbocycles. The molecule has 1 aromatic carbocycles. The maximum Gasteiger partial charge on any atom is 0.281 e. The molecule has 3 rings (SSSR count). The maximum atomic E-state index is 13.7. The average Bonchev–Trinajstić information content (AvgIpc) is 2.52. The van der Waals surface area contributed by atoms with Crippen molar-refractivity contribution in [3.8, 4) is 0 Å². The van der Waals surface area contributed by atoms with Gasteiger partial charge in [-0.15, -0.1) is 0 Å². The molecule has 0 aliphatic rings. The number of hydrogen-bond acceptors (Lipinski definition) is 3. The van der Waals surface area contributed by atoms with E-state index in [4.69, 9.17) is 0 Å². The first-order valence-corrected chi connectivity index (χ1v) is 7.13. The number of carbonyl (C=O) groups excluding carboxylic acids is 1. The van der Waals surface area contributed by atoms with Crippen molar-refractivity contribution in [1.29, 1.82) is 0 Å². The Morgan fingerprint density at radius 2 is 1.96 bits per heavy atom. The van der Waals surface area contributed by atoms with Crippen LogP contribution in [0, 0.1) is 25.5 Å². The van der Waals surface area contributed by atoms with E-state index in [2.05, 4.69) is 10.3 Å². The number of fused-ring (bicyclic) bond motifs is 1. The van der Waals surface area contributed by atoms with Crippen LogP contribution >= 0.6 is 0 Å². The number of hydrogen-bond donors (Lipinski definition) is 1. The molecule has 0 unspecified atom stereocenters. The maximum absolute atomic E-state index is 13.7. The monoisotopic (exact) mass is 329 g/mol. The second-order valence-electron chi connectivity index (χ2n) is 5.34. The summed E-state index contributed by atoms with van der Waals surface area (Å²) in [5.41, 5.74) is 0.713. The lowest BCUT2D eigenvalue weighted by Crippen LogP contribution is -2.25. The second-order valence-corrected chi connectivity index (χ2v) is 5.34. The van der Waals surface area contributed by atoms with E-state index >= 15 is 0 Å². The van der Waals surface area contributed by atoms with Gasteiger partial charge in [-0.1, -0.05) is 6.07 Å². The summed E-state index contributed by atoms with van der Waals surface area (Å²) in [4.78, 5) is 29.1.